The minimum Gasteiger partial charge on any atom is -0.394 e. The minimum atomic E-state index is -5.04. The van der Waals surface area contributed by atoms with Gasteiger partial charge in [-0.3, -0.25) is 19.1 Å². The molecule has 0 saturated carbocycles. The van der Waals surface area contributed by atoms with Gasteiger partial charge in [-0.2, -0.15) is 13.2 Å². The number of ether oxygens (including phenoxy) is 2. The molecule has 14 heteroatoms. The second-order valence-corrected chi connectivity index (χ2v) is 9.01. The average molecular weight is 483 g/mol. The lowest BCUT2D eigenvalue weighted by Crippen LogP contribution is -2.37. The topological polar surface area (TPSA) is 123 Å². The highest BCUT2D eigenvalue weighted by Crippen LogP contribution is 2.33. The number of aromatic amines is 1. The molecule has 1 saturated heterocycles. The van der Waals surface area contributed by atoms with Gasteiger partial charge in [0.1, 0.15) is 23.3 Å². The van der Waals surface area contributed by atoms with E-state index in [4.69, 9.17) is 9.47 Å². The van der Waals surface area contributed by atoms with E-state index in [9.17, 15) is 32.7 Å². The molecule has 0 radical (unpaired) electrons. The molecule has 9 nitrogen and oxygen atoms in total. The number of nitrogens with zero attached hydrogens (tertiary/aromatic N) is 1. The van der Waals surface area contributed by atoms with Gasteiger partial charge in [0.2, 0.25) is 0 Å². The summed E-state index contributed by atoms with van der Waals surface area (Å²) in [6.07, 6.45) is -3.88. The predicted octanol–water partition coefficient (Wildman–Crippen LogP) is 0.589. The number of aromatic nitrogens is 2. The smallest absolute Gasteiger partial charge is 0.394 e. The zero-order chi connectivity index (χ0) is 23.2. The molecule has 0 unspecified atom stereocenters. The van der Waals surface area contributed by atoms with Gasteiger partial charge in [-0.25, -0.2) is 4.79 Å². The Morgan fingerprint density at radius 2 is 2.23 bits per heavy atom. The molecule has 1 fully saturated rings. The summed E-state index contributed by atoms with van der Waals surface area (Å²) in [6.45, 7) is 0.839. The zero-order valence-corrected chi connectivity index (χ0v) is 18.0. The quantitative estimate of drug-likeness (QED) is 0.293. The van der Waals surface area contributed by atoms with Crippen molar-refractivity contribution in [2.24, 2.45) is 0 Å². The van der Waals surface area contributed by atoms with Gasteiger partial charge in [-0.15, -0.1) is 0 Å². The van der Waals surface area contributed by atoms with E-state index >= 15 is 0 Å². The number of halogens is 3. The fourth-order valence-electron chi connectivity index (χ4n) is 2.74. The number of carbonyl (C=O) groups is 1. The predicted molar refractivity (Wildman–Crippen MR) is 108 cm³/mol. The maximum Gasteiger partial charge on any atom is 0.471 e. The van der Waals surface area contributed by atoms with Gasteiger partial charge < -0.3 is 19.9 Å². The third kappa shape index (κ3) is 7.04. The highest BCUT2D eigenvalue weighted by Gasteiger charge is 2.39. The van der Waals surface area contributed by atoms with Gasteiger partial charge in [0, 0.05) is 12.6 Å². The lowest BCUT2D eigenvalue weighted by atomic mass is 10.2. The Hall–Kier alpha value is -1.92. The molecule has 2 rings (SSSR count). The molecule has 1 aliphatic heterocycles. The minimum absolute atomic E-state index is 0.197. The highest BCUT2D eigenvalue weighted by molar-refractivity contribution is 8.76. The first-order chi connectivity index (χ1) is 14.6. The van der Waals surface area contributed by atoms with Gasteiger partial charge in [0.05, 0.1) is 19.3 Å². The maximum atomic E-state index is 12.2. The van der Waals surface area contributed by atoms with Gasteiger partial charge in [0.15, 0.2) is 0 Å². The van der Waals surface area contributed by atoms with Gasteiger partial charge in [-0.05, 0) is 13.2 Å². The van der Waals surface area contributed by atoms with Crippen molar-refractivity contribution in [1.82, 2.24) is 14.9 Å². The first-order valence-electron chi connectivity index (χ1n) is 8.87. The average Bonchev–Trinajstić information content (AvgIpc) is 3.08. The number of aliphatic hydroxyl groups is 1. The summed E-state index contributed by atoms with van der Waals surface area (Å²) in [6, 6.07) is 0. The van der Waals surface area contributed by atoms with E-state index in [2.05, 4.69) is 16.8 Å². The van der Waals surface area contributed by atoms with Crippen LogP contribution in [0.15, 0.2) is 15.8 Å². The van der Waals surface area contributed by atoms with Crippen LogP contribution in [0.1, 0.15) is 25.1 Å². The van der Waals surface area contributed by atoms with Crippen LogP contribution in [0.2, 0.25) is 0 Å². The molecule has 172 valence electrons. The number of hydrogen-bond acceptors (Lipinski definition) is 8. The van der Waals surface area contributed by atoms with Crippen LogP contribution in [0.3, 0.4) is 0 Å². The summed E-state index contributed by atoms with van der Waals surface area (Å²) in [5, 5.41) is 11.1. The fraction of sp³-hybridized carbons (Fsp3) is 0.588. The van der Waals surface area contributed by atoms with Gasteiger partial charge in [-0.1, -0.05) is 33.4 Å². The Labute approximate surface area is 182 Å². The molecule has 0 aromatic carbocycles. The van der Waals surface area contributed by atoms with Crippen molar-refractivity contribution in [3.63, 3.8) is 0 Å². The molecule has 1 aromatic rings. The number of nitrogens with one attached hydrogen (secondary N) is 2. The van der Waals surface area contributed by atoms with E-state index < -0.39 is 48.3 Å². The first-order valence-corrected chi connectivity index (χ1v) is 11.5. The van der Waals surface area contributed by atoms with E-state index in [-0.39, 0.29) is 24.0 Å². The summed E-state index contributed by atoms with van der Waals surface area (Å²) in [4.78, 5) is 37.0. The molecule has 0 spiro atoms. The Kier molecular flexibility index (Phi) is 9.07. The van der Waals surface area contributed by atoms with Crippen LogP contribution in [0.5, 0.6) is 0 Å². The van der Waals surface area contributed by atoms with Crippen LogP contribution in [0.4, 0.5) is 13.2 Å². The van der Waals surface area contributed by atoms with Crippen molar-refractivity contribution in [3.05, 3.63) is 32.6 Å². The normalized spacial score (nSPS) is 21.9. The third-order valence-electron chi connectivity index (χ3n) is 4.05. The van der Waals surface area contributed by atoms with Gasteiger partial charge in [0.25, 0.3) is 5.56 Å². The monoisotopic (exact) mass is 483 g/mol. The van der Waals surface area contributed by atoms with E-state index in [1.807, 2.05) is 13.2 Å². The van der Waals surface area contributed by atoms with Crippen LogP contribution in [0.25, 0.3) is 0 Å². The van der Waals surface area contributed by atoms with Crippen LogP contribution in [0, 0.1) is 11.8 Å². The molecular weight excluding hydrogens is 463 g/mol. The summed E-state index contributed by atoms with van der Waals surface area (Å²) in [5.74, 6) is 2.38. The Bertz CT molecular complexity index is 955. The lowest BCUT2D eigenvalue weighted by molar-refractivity contribution is -0.173. The summed E-state index contributed by atoms with van der Waals surface area (Å²) < 4.78 is 49.0. The van der Waals surface area contributed by atoms with Crippen molar-refractivity contribution < 1.29 is 32.5 Å². The van der Waals surface area contributed by atoms with E-state index in [1.165, 1.54) is 21.6 Å². The van der Waals surface area contributed by atoms with Crippen LogP contribution in [-0.4, -0.2) is 63.8 Å². The number of hydrogen-bond donors (Lipinski definition) is 3. The number of rotatable bonds is 7. The maximum absolute atomic E-state index is 12.2. The molecule has 0 aliphatic carbocycles. The van der Waals surface area contributed by atoms with Gasteiger partial charge >= 0.3 is 17.8 Å². The number of aliphatic hydroxyl groups excluding tert-OH is 1. The molecule has 0 bridgehead atoms. The van der Waals surface area contributed by atoms with Crippen LogP contribution < -0.4 is 16.6 Å². The van der Waals surface area contributed by atoms with Crippen LogP contribution >= 0.6 is 21.6 Å². The number of H-pyrrole nitrogens is 1. The van der Waals surface area contributed by atoms with E-state index in [1.54, 1.807) is 5.32 Å². The second-order valence-electron chi connectivity index (χ2n) is 6.24. The lowest BCUT2D eigenvalue weighted by Gasteiger charge is -2.20. The Balaban J connectivity index is 2.16. The standard InChI is InChI=1S/C17H20F3N3O6S2/c1-9(31-30-2)28-11-6-13(29-12(11)8-24)23-7-10(14(25)22-16(23)27)4-3-5-21-15(26)17(18,19)20/h7,9,11-13,24H,5-6,8H2,1-2H3,(H,21,26)(H,22,25,27)/t9-,11-,12-,13-/m1/s1. The zero-order valence-electron chi connectivity index (χ0n) is 16.4. The number of amides is 1. The van der Waals surface area contributed by atoms with Crippen molar-refractivity contribution in [2.75, 3.05) is 19.4 Å². The third-order valence-corrected chi connectivity index (χ3v) is 6.02. The molecule has 4 atom stereocenters. The molecule has 1 aliphatic rings. The molecular formula is C17H20F3N3O6S2. The molecule has 31 heavy (non-hydrogen) atoms. The summed E-state index contributed by atoms with van der Waals surface area (Å²) >= 11 is 0. The molecule has 2 heterocycles. The molecule has 1 aromatic heterocycles. The SMILES string of the molecule is CSS[C@H](C)O[C@@H]1C[C@H](n2cc(C#CCNC(=O)C(F)(F)F)c(=O)[nH]c2=O)O[C@@H]1CO. The van der Waals surface area contributed by atoms with E-state index in [0.717, 1.165) is 10.8 Å². The fourth-order valence-corrected chi connectivity index (χ4v) is 4.14. The Morgan fingerprint density at radius 3 is 2.84 bits per heavy atom. The van der Waals surface area contributed by atoms with Crippen molar-refractivity contribution in [3.8, 4) is 11.8 Å². The molecule has 1 amide bonds. The van der Waals surface area contributed by atoms with Crippen molar-refractivity contribution >= 4 is 27.5 Å². The van der Waals surface area contributed by atoms with Crippen molar-refractivity contribution in [1.29, 1.82) is 0 Å². The summed E-state index contributed by atoms with van der Waals surface area (Å²) in [5.41, 5.74) is -2.03. The first kappa shape index (κ1) is 25.3. The number of carbonyl (C=O) groups excluding carboxylic acids is 1. The highest BCUT2D eigenvalue weighted by atomic mass is 33.1. The molecule has 3 N–H and O–H groups in total. The number of alkyl halides is 3. The largest absolute Gasteiger partial charge is 0.471 e. The van der Waals surface area contributed by atoms with Crippen LogP contribution in [-0.2, 0) is 14.3 Å². The van der Waals surface area contributed by atoms with Crippen molar-refractivity contribution in [2.45, 2.75) is 43.4 Å². The van der Waals surface area contributed by atoms with E-state index in [0.29, 0.717) is 0 Å². The Morgan fingerprint density at radius 1 is 1.52 bits per heavy atom. The summed E-state index contributed by atoms with van der Waals surface area (Å²) in [7, 11) is 2.98. The second kappa shape index (κ2) is 11.1.